The SMILES string of the molecule is O=C(NC[C@@H]1CCCOC1)c1coc(C2CCCC2)n1. The van der Waals surface area contributed by atoms with Crippen molar-refractivity contribution in [2.75, 3.05) is 19.8 Å². The fraction of sp³-hybridized carbons (Fsp3) is 0.733. The van der Waals surface area contributed by atoms with Gasteiger partial charge in [-0.1, -0.05) is 12.8 Å². The highest BCUT2D eigenvalue weighted by Gasteiger charge is 2.23. The molecule has 1 amide bonds. The van der Waals surface area contributed by atoms with Crippen LogP contribution in [0.4, 0.5) is 0 Å². The van der Waals surface area contributed by atoms with Crippen LogP contribution < -0.4 is 5.32 Å². The number of oxazole rings is 1. The van der Waals surface area contributed by atoms with Crippen molar-refractivity contribution in [3.63, 3.8) is 0 Å². The molecule has 110 valence electrons. The third kappa shape index (κ3) is 3.20. The van der Waals surface area contributed by atoms with Crippen molar-refractivity contribution in [2.24, 2.45) is 5.92 Å². The number of nitrogens with zero attached hydrogens (tertiary/aromatic N) is 1. The maximum Gasteiger partial charge on any atom is 0.273 e. The molecule has 5 heteroatoms. The average molecular weight is 278 g/mol. The first kappa shape index (κ1) is 13.6. The Labute approximate surface area is 119 Å². The lowest BCUT2D eigenvalue weighted by Gasteiger charge is -2.21. The first-order chi connectivity index (χ1) is 9.83. The maximum absolute atomic E-state index is 12.0. The van der Waals surface area contributed by atoms with Gasteiger partial charge in [0.1, 0.15) is 6.26 Å². The standard InChI is InChI=1S/C15H22N2O3/c18-14(16-8-11-4-3-7-19-9-11)13-10-20-15(17-13)12-5-1-2-6-12/h10-12H,1-9H2,(H,16,18)/t11-/m0/s1. The van der Waals surface area contributed by atoms with Crippen LogP contribution in [-0.4, -0.2) is 30.6 Å². The van der Waals surface area contributed by atoms with E-state index in [0.717, 1.165) is 44.8 Å². The van der Waals surface area contributed by atoms with Crippen LogP contribution in [0, 0.1) is 5.92 Å². The average Bonchev–Trinajstić information content (AvgIpc) is 3.16. The molecule has 1 atom stereocenters. The van der Waals surface area contributed by atoms with Gasteiger partial charge in [0.15, 0.2) is 11.6 Å². The number of aromatic nitrogens is 1. The number of hydrogen-bond donors (Lipinski definition) is 1. The second kappa shape index (κ2) is 6.39. The van der Waals surface area contributed by atoms with Gasteiger partial charge in [-0.2, -0.15) is 0 Å². The van der Waals surface area contributed by atoms with Gasteiger partial charge >= 0.3 is 0 Å². The van der Waals surface area contributed by atoms with Crippen molar-refractivity contribution >= 4 is 5.91 Å². The predicted octanol–water partition coefficient (Wildman–Crippen LogP) is 2.49. The van der Waals surface area contributed by atoms with Crippen LogP contribution in [0.25, 0.3) is 0 Å². The minimum atomic E-state index is -0.136. The summed E-state index contributed by atoms with van der Waals surface area (Å²) < 4.78 is 10.9. The number of ether oxygens (including phenoxy) is 1. The van der Waals surface area contributed by atoms with E-state index in [-0.39, 0.29) is 5.91 Å². The summed E-state index contributed by atoms with van der Waals surface area (Å²) >= 11 is 0. The van der Waals surface area contributed by atoms with Gasteiger partial charge in [0.05, 0.1) is 6.61 Å². The smallest absolute Gasteiger partial charge is 0.273 e. The topological polar surface area (TPSA) is 64.4 Å². The number of hydrogen-bond acceptors (Lipinski definition) is 4. The molecule has 20 heavy (non-hydrogen) atoms. The Morgan fingerprint density at radius 2 is 2.15 bits per heavy atom. The molecule has 1 aliphatic heterocycles. The van der Waals surface area contributed by atoms with Crippen LogP contribution in [0.2, 0.25) is 0 Å². The molecular formula is C15H22N2O3. The van der Waals surface area contributed by atoms with Gasteiger partial charge in [-0.3, -0.25) is 4.79 Å². The van der Waals surface area contributed by atoms with Crippen LogP contribution in [0.3, 0.4) is 0 Å². The first-order valence-corrected chi connectivity index (χ1v) is 7.64. The molecule has 1 aromatic rings. The molecule has 3 rings (SSSR count). The lowest BCUT2D eigenvalue weighted by Crippen LogP contribution is -2.33. The van der Waals surface area contributed by atoms with E-state index >= 15 is 0 Å². The summed E-state index contributed by atoms with van der Waals surface area (Å²) in [6, 6.07) is 0. The third-order valence-corrected chi connectivity index (χ3v) is 4.26. The summed E-state index contributed by atoms with van der Waals surface area (Å²) in [5, 5.41) is 2.93. The summed E-state index contributed by atoms with van der Waals surface area (Å²) in [6.07, 6.45) is 8.40. The first-order valence-electron chi connectivity index (χ1n) is 7.64. The molecule has 0 spiro atoms. The third-order valence-electron chi connectivity index (χ3n) is 4.26. The predicted molar refractivity (Wildman–Crippen MR) is 73.6 cm³/mol. The molecule has 2 heterocycles. The molecule has 1 saturated carbocycles. The van der Waals surface area contributed by atoms with E-state index in [4.69, 9.17) is 9.15 Å². The van der Waals surface area contributed by atoms with Crippen molar-refractivity contribution in [2.45, 2.75) is 44.4 Å². The second-order valence-corrected chi connectivity index (χ2v) is 5.85. The van der Waals surface area contributed by atoms with Gasteiger partial charge in [-0.05, 0) is 31.6 Å². The lowest BCUT2D eigenvalue weighted by molar-refractivity contribution is 0.0535. The van der Waals surface area contributed by atoms with Gasteiger partial charge in [0, 0.05) is 19.1 Å². The van der Waals surface area contributed by atoms with Gasteiger partial charge in [-0.25, -0.2) is 4.98 Å². The summed E-state index contributed by atoms with van der Waals surface area (Å²) in [7, 11) is 0. The Kier molecular flexibility index (Phi) is 4.35. The molecule has 5 nitrogen and oxygen atoms in total. The van der Waals surface area contributed by atoms with E-state index in [9.17, 15) is 4.79 Å². The Balaban J connectivity index is 1.51. The maximum atomic E-state index is 12.0. The molecule has 2 aliphatic rings. The Hall–Kier alpha value is -1.36. The highest BCUT2D eigenvalue weighted by atomic mass is 16.5. The molecule has 2 fully saturated rings. The van der Waals surface area contributed by atoms with Crippen molar-refractivity contribution in [1.82, 2.24) is 10.3 Å². The molecule has 0 unspecified atom stereocenters. The van der Waals surface area contributed by atoms with Crippen LogP contribution in [0.1, 0.15) is 60.8 Å². The van der Waals surface area contributed by atoms with Crippen LogP contribution in [0.5, 0.6) is 0 Å². The van der Waals surface area contributed by atoms with Crippen LogP contribution >= 0.6 is 0 Å². The van der Waals surface area contributed by atoms with E-state index in [1.807, 2.05) is 0 Å². The van der Waals surface area contributed by atoms with Gasteiger partial charge < -0.3 is 14.5 Å². The molecule has 1 N–H and O–H groups in total. The quantitative estimate of drug-likeness (QED) is 0.919. The number of carbonyl (C=O) groups excluding carboxylic acids is 1. The Bertz CT molecular complexity index is 446. The number of amides is 1. The van der Waals surface area contributed by atoms with Crippen LogP contribution in [0.15, 0.2) is 10.7 Å². The summed E-state index contributed by atoms with van der Waals surface area (Å²) in [5.74, 6) is 1.43. The van der Waals surface area contributed by atoms with E-state index in [2.05, 4.69) is 10.3 Å². The summed E-state index contributed by atoms with van der Waals surface area (Å²) in [4.78, 5) is 16.4. The van der Waals surface area contributed by atoms with Gasteiger partial charge in [0.25, 0.3) is 5.91 Å². The molecule has 0 bridgehead atoms. The molecule has 0 radical (unpaired) electrons. The number of rotatable bonds is 4. The van der Waals surface area contributed by atoms with Crippen molar-refractivity contribution < 1.29 is 13.9 Å². The van der Waals surface area contributed by atoms with E-state index < -0.39 is 0 Å². The van der Waals surface area contributed by atoms with E-state index in [0.29, 0.717) is 24.1 Å². The highest BCUT2D eigenvalue weighted by Crippen LogP contribution is 2.33. The number of nitrogens with one attached hydrogen (secondary N) is 1. The Morgan fingerprint density at radius 1 is 1.30 bits per heavy atom. The normalized spacial score (nSPS) is 23.9. The molecular weight excluding hydrogens is 256 g/mol. The minimum Gasteiger partial charge on any atom is -0.448 e. The molecule has 1 aliphatic carbocycles. The van der Waals surface area contributed by atoms with Crippen molar-refractivity contribution in [1.29, 1.82) is 0 Å². The van der Waals surface area contributed by atoms with Crippen LogP contribution in [-0.2, 0) is 4.74 Å². The lowest BCUT2D eigenvalue weighted by atomic mass is 10.0. The highest BCUT2D eigenvalue weighted by molar-refractivity contribution is 5.91. The van der Waals surface area contributed by atoms with Gasteiger partial charge in [-0.15, -0.1) is 0 Å². The molecule has 1 aromatic heterocycles. The molecule has 1 saturated heterocycles. The zero-order valence-corrected chi connectivity index (χ0v) is 11.8. The fourth-order valence-electron chi connectivity index (χ4n) is 3.05. The van der Waals surface area contributed by atoms with E-state index in [1.54, 1.807) is 0 Å². The number of carbonyl (C=O) groups is 1. The fourth-order valence-corrected chi connectivity index (χ4v) is 3.05. The second-order valence-electron chi connectivity index (χ2n) is 5.85. The molecule has 0 aromatic carbocycles. The summed E-state index contributed by atoms with van der Waals surface area (Å²) in [6.45, 7) is 2.25. The van der Waals surface area contributed by atoms with Crippen molar-refractivity contribution in [3.05, 3.63) is 17.8 Å². The van der Waals surface area contributed by atoms with E-state index in [1.165, 1.54) is 19.1 Å². The Morgan fingerprint density at radius 3 is 2.90 bits per heavy atom. The zero-order chi connectivity index (χ0) is 13.8. The van der Waals surface area contributed by atoms with Gasteiger partial charge in [0.2, 0.25) is 0 Å². The minimum absolute atomic E-state index is 0.136. The summed E-state index contributed by atoms with van der Waals surface area (Å²) in [5.41, 5.74) is 0.406. The zero-order valence-electron chi connectivity index (χ0n) is 11.8. The largest absolute Gasteiger partial charge is 0.448 e. The monoisotopic (exact) mass is 278 g/mol. The van der Waals surface area contributed by atoms with Crippen molar-refractivity contribution in [3.8, 4) is 0 Å².